The molecule has 1 N–H and O–H groups in total. The van der Waals surface area contributed by atoms with Crippen LogP contribution in [0.2, 0.25) is 0 Å². The number of carboxylic acids is 1. The molecule has 0 fully saturated rings. The van der Waals surface area contributed by atoms with Crippen molar-refractivity contribution in [2.45, 2.75) is 6.54 Å². The van der Waals surface area contributed by atoms with Crippen LogP contribution in [0, 0.1) is 0 Å². The summed E-state index contributed by atoms with van der Waals surface area (Å²) < 4.78 is 3.06. The number of aromatic nitrogens is 2. The summed E-state index contributed by atoms with van der Waals surface area (Å²) >= 11 is 0. The van der Waals surface area contributed by atoms with Crippen molar-refractivity contribution in [2.75, 3.05) is 0 Å². The predicted molar refractivity (Wildman–Crippen MR) is 66.8 cm³/mol. The Bertz CT molecular complexity index is 814. The van der Waals surface area contributed by atoms with Gasteiger partial charge in [0.1, 0.15) is 12.1 Å². The molecule has 90 valence electrons. The highest BCUT2D eigenvalue weighted by molar-refractivity contribution is 5.80. The Morgan fingerprint density at radius 1 is 1.06 bits per heavy atom. The minimum atomic E-state index is -1.03. The molecule has 3 rings (SSSR count). The summed E-state index contributed by atoms with van der Waals surface area (Å²) in [6, 6.07) is 10.7. The van der Waals surface area contributed by atoms with Gasteiger partial charge in [-0.1, -0.05) is 12.1 Å². The lowest BCUT2D eigenvalue weighted by Gasteiger charge is -2.10. The topological polar surface area (TPSA) is 63.7 Å². The van der Waals surface area contributed by atoms with Crippen LogP contribution in [-0.4, -0.2) is 20.0 Å². The van der Waals surface area contributed by atoms with Crippen molar-refractivity contribution in [1.82, 2.24) is 8.97 Å². The lowest BCUT2D eigenvalue weighted by atomic mass is 10.3. The van der Waals surface area contributed by atoms with E-state index >= 15 is 0 Å². The van der Waals surface area contributed by atoms with Gasteiger partial charge < -0.3 is 9.51 Å². The van der Waals surface area contributed by atoms with Crippen molar-refractivity contribution in [3.05, 3.63) is 52.9 Å². The molecule has 0 amide bonds. The van der Waals surface area contributed by atoms with Gasteiger partial charge in [-0.3, -0.25) is 14.2 Å². The molecule has 1 aromatic carbocycles. The standard InChI is InChI=1S/C13H10N2O3/c16-12(17)8-15-10-5-2-1-4-9(10)14-7-3-6-11(14)13(15)18/h1-7H,8H2,(H,16,17). The fourth-order valence-electron chi connectivity index (χ4n) is 2.20. The molecule has 0 aliphatic heterocycles. The van der Waals surface area contributed by atoms with E-state index in [9.17, 15) is 9.59 Å². The van der Waals surface area contributed by atoms with Crippen LogP contribution in [0.4, 0.5) is 0 Å². The molecule has 0 aliphatic carbocycles. The van der Waals surface area contributed by atoms with E-state index in [2.05, 4.69) is 0 Å². The molecule has 2 aromatic heterocycles. The van der Waals surface area contributed by atoms with Crippen molar-refractivity contribution in [3.63, 3.8) is 0 Å². The second-order valence-electron chi connectivity index (χ2n) is 4.04. The monoisotopic (exact) mass is 242 g/mol. The van der Waals surface area contributed by atoms with Gasteiger partial charge in [0.05, 0.1) is 11.0 Å². The third-order valence-corrected chi connectivity index (χ3v) is 2.94. The minimum Gasteiger partial charge on any atom is -0.480 e. The molecule has 0 unspecified atom stereocenters. The van der Waals surface area contributed by atoms with Gasteiger partial charge in [0.25, 0.3) is 5.56 Å². The highest BCUT2D eigenvalue weighted by Gasteiger charge is 2.11. The largest absolute Gasteiger partial charge is 0.480 e. The van der Waals surface area contributed by atoms with E-state index in [0.717, 1.165) is 5.52 Å². The number of hydrogen-bond acceptors (Lipinski definition) is 2. The number of aliphatic carboxylic acids is 1. The Kier molecular flexibility index (Phi) is 2.19. The van der Waals surface area contributed by atoms with E-state index in [1.165, 1.54) is 4.57 Å². The maximum absolute atomic E-state index is 12.2. The molecular formula is C13H10N2O3. The van der Waals surface area contributed by atoms with Gasteiger partial charge in [-0.2, -0.15) is 0 Å². The first-order valence-electron chi connectivity index (χ1n) is 5.49. The maximum Gasteiger partial charge on any atom is 0.323 e. The van der Waals surface area contributed by atoms with Gasteiger partial charge in [-0.15, -0.1) is 0 Å². The van der Waals surface area contributed by atoms with Crippen LogP contribution < -0.4 is 5.56 Å². The van der Waals surface area contributed by atoms with Crippen molar-refractivity contribution >= 4 is 22.5 Å². The lowest BCUT2D eigenvalue weighted by molar-refractivity contribution is -0.137. The summed E-state index contributed by atoms with van der Waals surface area (Å²) in [4.78, 5) is 23.1. The number of fused-ring (bicyclic) bond motifs is 3. The zero-order chi connectivity index (χ0) is 12.7. The van der Waals surface area contributed by atoms with Crippen molar-refractivity contribution in [1.29, 1.82) is 0 Å². The number of carboxylic acid groups (broad SMARTS) is 1. The van der Waals surface area contributed by atoms with Crippen LogP contribution in [0.3, 0.4) is 0 Å². The van der Waals surface area contributed by atoms with Crippen LogP contribution in [0.15, 0.2) is 47.4 Å². The van der Waals surface area contributed by atoms with E-state index in [1.54, 1.807) is 34.9 Å². The van der Waals surface area contributed by atoms with E-state index in [0.29, 0.717) is 11.0 Å². The number of rotatable bonds is 2. The minimum absolute atomic E-state index is 0.291. The number of benzene rings is 1. The summed E-state index contributed by atoms with van der Waals surface area (Å²) in [6.45, 7) is -0.332. The average Bonchev–Trinajstić information content (AvgIpc) is 2.83. The Hall–Kier alpha value is -2.56. The Morgan fingerprint density at radius 3 is 2.44 bits per heavy atom. The second-order valence-corrected chi connectivity index (χ2v) is 4.04. The number of hydrogen-bond donors (Lipinski definition) is 1. The molecule has 5 heteroatoms. The normalized spacial score (nSPS) is 11.1. The maximum atomic E-state index is 12.2. The third kappa shape index (κ3) is 1.41. The highest BCUT2D eigenvalue weighted by Crippen LogP contribution is 2.14. The lowest BCUT2D eigenvalue weighted by Crippen LogP contribution is -2.26. The van der Waals surface area contributed by atoms with Gasteiger partial charge in [0.15, 0.2) is 0 Å². The Morgan fingerprint density at radius 2 is 1.72 bits per heavy atom. The molecule has 0 bridgehead atoms. The molecule has 2 heterocycles. The molecular weight excluding hydrogens is 232 g/mol. The van der Waals surface area contributed by atoms with Gasteiger partial charge in [0, 0.05) is 6.20 Å². The van der Waals surface area contributed by atoms with Gasteiger partial charge in [-0.05, 0) is 24.3 Å². The van der Waals surface area contributed by atoms with Crippen molar-refractivity contribution in [3.8, 4) is 0 Å². The molecule has 18 heavy (non-hydrogen) atoms. The van der Waals surface area contributed by atoms with E-state index in [4.69, 9.17) is 5.11 Å². The van der Waals surface area contributed by atoms with Crippen molar-refractivity contribution < 1.29 is 9.90 Å². The fraction of sp³-hybridized carbons (Fsp3) is 0.0769. The van der Waals surface area contributed by atoms with Gasteiger partial charge in [-0.25, -0.2) is 0 Å². The van der Waals surface area contributed by atoms with E-state index in [1.807, 2.05) is 12.1 Å². The molecule has 0 aliphatic rings. The summed E-state index contributed by atoms with van der Waals surface area (Å²) in [5, 5.41) is 8.91. The SMILES string of the molecule is O=C(O)Cn1c(=O)c2cccn2c2ccccc21. The van der Waals surface area contributed by atoms with Crippen LogP contribution >= 0.6 is 0 Å². The van der Waals surface area contributed by atoms with Crippen LogP contribution in [-0.2, 0) is 11.3 Å². The van der Waals surface area contributed by atoms with Crippen molar-refractivity contribution in [2.24, 2.45) is 0 Å². The number of para-hydroxylation sites is 2. The first-order chi connectivity index (χ1) is 8.68. The number of carbonyl (C=O) groups is 1. The van der Waals surface area contributed by atoms with E-state index in [-0.39, 0.29) is 12.1 Å². The van der Waals surface area contributed by atoms with Gasteiger partial charge >= 0.3 is 5.97 Å². The predicted octanol–water partition coefficient (Wildman–Crippen LogP) is 1.34. The van der Waals surface area contributed by atoms with Crippen LogP contribution in [0.1, 0.15) is 0 Å². The van der Waals surface area contributed by atoms with Gasteiger partial charge in [0.2, 0.25) is 0 Å². The zero-order valence-electron chi connectivity index (χ0n) is 9.41. The third-order valence-electron chi connectivity index (χ3n) is 2.94. The fourth-order valence-corrected chi connectivity index (χ4v) is 2.20. The molecule has 0 saturated carbocycles. The second kappa shape index (κ2) is 3.73. The summed E-state index contributed by atoms with van der Waals surface area (Å²) in [7, 11) is 0. The first-order valence-corrected chi connectivity index (χ1v) is 5.49. The first kappa shape index (κ1) is 10.6. The quantitative estimate of drug-likeness (QED) is 0.737. The van der Waals surface area contributed by atoms with Crippen LogP contribution in [0.25, 0.3) is 16.6 Å². The highest BCUT2D eigenvalue weighted by atomic mass is 16.4. The van der Waals surface area contributed by atoms with Crippen LogP contribution in [0.5, 0.6) is 0 Å². The smallest absolute Gasteiger partial charge is 0.323 e. The Labute approximate surface area is 102 Å². The average molecular weight is 242 g/mol. The van der Waals surface area contributed by atoms with E-state index < -0.39 is 5.97 Å². The molecule has 0 radical (unpaired) electrons. The molecule has 5 nitrogen and oxygen atoms in total. The molecule has 0 saturated heterocycles. The zero-order valence-corrected chi connectivity index (χ0v) is 9.41. The molecule has 0 spiro atoms. The summed E-state index contributed by atoms with van der Waals surface area (Å²) in [5.41, 5.74) is 1.63. The number of nitrogens with zero attached hydrogens (tertiary/aromatic N) is 2. The Balaban J connectivity index is 2.53. The molecule has 0 atom stereocenters. The summed E-state index contributed by atoms with van der Waals surface area (Å²) in [6.07, 6.45) is 1.80. The summed E-state index contributed by atoms with van der Waals surface area (Å²) in [5.74, 6) is -1.03. The molecule has 3 aromatic rings.